The predicted molar refractivity (Wildman–Crippen MR) is 97.5 cm³/mol. The highest BCUT2D eigenvalue weighted by Gasteiger charge is 2.16. The Balaban J connectivity index is 1.50. The van der Waals surface area contributed by atoms with Crippen LogP contribution in [-0.2, 0) is 13.0 Å². The number of urea groups is 1. The zero-order valence-corrected chi connectivity index (χ0v) is 14.9. The van der Waals surface area contributed by atoms with Gasteiger partial charge in [-0.1, -0.05) is 41.9 Å². The fourth-order valence-corrected chi connectivity index (χ4v) is 2.97. The molecule has 0 bridgehead atoms. The second-order valence-electron chi connectivity index (χ2n) is 5.93. The molecule has 2 amide bonds. The number of hydrogen-bond acceptors (Lipinski definition) is 3. The Morgan fingerprint density at radius 2 is 1.92 bits per heavy atom. The molecule has 1 aliphatic rings. The van der Waals surface area contributed by atoms with Crippen molar-refractivity contribution >= 4 is 17.6 Å². The van der Waals surface area contributed by atoms with E-state index in [1.165, 1.54) is 0 Å². The molecule has 0 saturated heterocycles. The Hall–Kier alpha value is -2.40. The van der Waals surface area contributed by atoms with Gasteiger partial charge in [0.05, 0.1) is 5.02 Å². The first-order valence-electron chi connectivity index (χ1n) is 8.24. The summed E-state index contributed by atoms with van der Waals surface area (Å²) in [5.41, 5.74) is 2.10. The Kier molecular flexibility index (Phi) is 5.66. The van der Waals surface area contributed by atoms with Gasteiger partial charge >= 0.3 is 6.03 Å². The number of halogens is 1. The summed E-state index contributed by atoms with van der Waals surface area (Å²) in [6, 6.07) is 13.6. The van der Waals surface area contributed by atoms with Crippen LogP contribution in [0, 0.1) is 0 Å². The molecule has 0 unspecified atom stereocenters. The van der Waals surface area contributed by atoms with Crippen LogP contribution in [0.1, 0.15) is 11.1 Å². The summed E-state index contributed by atoms with van der Waals surface area (Å²) in [7, 11) is 1.78. The van der Waals surface area contributed by atoms with Gasteiger partial charge in [-0.15, -0.1) is 0 Å². The number of rotatable bonds is 5. The van der Waals surface area contributed by atoms with Gasteiger partial charge in [0.2, 0.25) is 0 Å². The number of carbonyl (C=O) groups excluding carboxylic acids is 1. The molecular formula is C19H21ClN2O3. The largest absolute Gasteiger partial charge is 0.486 e. The summed E-state index contributed by atoms with van der Waals surface area (Å²) in [6.07, 6.45) is 0.668. The van der Waals surface area contributed by atoms with Crippen LogP contribution >= 0.6 is 11.6 Å². The zero-order chi connectivity index (χ0) is 17.6. The van der Waals surface area contributed by atoms with E-state index in [0.29, 0.717) is 49.2 Å². The quantitative estimate of drug-likeness (QED) is 0.887. The molecule has 0 fully saturated rings. The minimum atomic E-state index is -0.104. The van der Waals surface area contributed by atoms with Gasteiger partial charge in [0.25, 0.3) is 0 Å². The van der Waals surface area contributed by atoms with E-state index >= 15 is 0 Å². The maximum absolute atomic E-state index is 12.2. The van der Waals surface area contributed by atoms with Crippen molar-refractivity contribution in [2.75, 3.05) is 26.8 Å². The first-order chi connectivity index (χ1) is 12.1. The maximum Gasteiger partial charge on any atom is 0.317 e. The minimum absolute atomic E-state index is 0.104. The van der Waals surface area contributed by atoms with Gasteiger partial charge in [-0.2, -0.15) is 0 Å². The lowest BCUT2D eigenvalue weighted by molar-refractivity contribution is 0.171. The van der Waals surface area contributed by atoms with Gasteiger partial charge in [-0.25, -0.2) is 4.79 Å². The van der Waals surface area contributed by atoms with Gasteiger partial charge in [0.1, 0.15) is 13.2 Å². The standard InChI is InChI=1S/C19H21ClN2O3/c1-22(13-14-5-3-2-4-6-14)19(23)21-8-7-15-11-16(20)18-17(12-15)24-9-10-25-18/h2-6,11-12H,7-10,13H2,1H3,(H,21,23). The zero-order valence-electron chi connectivity index (χ0n) is 14.1. The van der Waals surface area contributed by atoms with Gasteiger partial charge in [-0.3, -0.25) is 0 Å². The molecule has 0 aliphatic carbocycles. The van der Waals surface area contributed by atoms with E-state index in [9.17, 15) is 4.79 Å². The van der Waals surface area contributed by atoms with Crippen LogP contribution in [0.4, 0.5) is 4.79 Å². The van der Waals surface area contributed by atoms with Crippen molar-refractivity contribution in [2.45, 2.75) is 13.0 Å². The van der Waals surface area contributed by atoms with Crippen LogP contribution < -0.4 is 14.8 Å². The highest BCUT2D eigenvalue weighted by molar-refractivity contribution is 6.32. The van der Waals surface area contributed by atoms with E-state index in [4.69, 9.17) is 21.1 Å². The molecule has 132 valence electrons. The highest BCUT2D eigenvalue weighted by Crippen LogP contribution is 2.38. The lowest BCUT2D eigenvalue weighted by Crippen LogP contribution is -2.37. The number of hydrogen-bond donors (Lipinski definition) is 1. The molecule has 1 aliphatic heterocycles. The predicted octanol–water partition coefficient (Wildman–Crippen LogP) is 3.50. The van der Waals surface area contributed by atoms with Crippen LogP contribution in [0.2, 0.25) is 5.02 Å². The van der Waals surface area contributed by atoms with Gasteiger partial charge < -0.3 is 19.7 Å². The van der Waals surface area contributed by atoms with E-state index in [0.717, 1.165) is 11.1 Å². The van der Waals surface area contributed by atoms with Crippen molar-refractivity contribution in [3.05, 3.63) is 58.6 Å². The van der Waals surface area contributed by atoms with Gasteiger partial charge in [0, 0.05) is 20.1 Å². The van der Waals surface area contributed by atoms with E-state index in [1.807, 2.05) is 42.5 Å². The van der Waals surface area contributed by atoms with Crippen LogP contribution in [0.25, 0.3) is 0 Å². The third-order valence-corrected chi connectivity index (χ3v) is 4.24. The van der Waals surface area contributed by atoms with Crippen molar-refractivity contribution in [3.63, 3.8) is 0 Å². The van der Waals surface area contributed by atoms with Crippen molar-refractivity contribution in [3.8, 4) is 11.5 Å². The second kappa shape index (κ2) is 8.12. The molecule has 1 heterocycles. The fourth-order valence-electron chi connectivity index (χ4n) is 2.69. The van der Waals surface area contributed by atoms with Crippen LogP contribution in [0.15, 0.2) is 42.5 Å². The summed E-state index contributed by atoms with van der Waals surface area (Å²) in [5.74, 6) is 1.27. The van der Waals surface area contributed by atoms with Crippen molar-refractivity contribution < 1.29 is 14.3 Å². The smallest absolute Gasteiger partial charge is 0.317 e. The Labute approximate surface area is 152 Å². The summed E-state index contributed by atoms with van der Waals surface area (Å²) in [6.45, 7) is 2.13. The van der Waals surface area contributed by atoms with Crippen LogP contribution in [0.3, 0.4) is 0 Å². The Bertz CT molecular complexity index is 737. The molecule has 1 N–H and O–H groups in total. The Morgan fingerprint density at radius 3 is 2.72 bits per heavy atom. The fraction of sp³-hybridized carbons (Fsp3) is 0.316. The number of fused-ring (bicyclic) bond motifs is 1. The summed E-state index contributed by atoms with van der Waals surface area (Å²) < 4.78 is 11.1. The molecule has 25 heavy (non-hydrogen) atoms. The number of carbonyl (C=O) groups is 1. The van der Waals surface area contributed by atoms with E-state index in [-0.39, 0.29) is 6.03 Å². The summed E-state index contributed by atoms with van der Waals surface area (Å²) in [5, 5.41) is 3.46. The van der Waals surface area contributed by atoms with Crippen LogP contribution in [0.5, 0.6) is 11.5 Å². The molecule has 0 spiro atoms. The summed E-state index contributed by atoms with van der Waals surface area (Å²) >= 11 is 6.23. The topological polar surface area (TPSA) is 50.8 Å². The molecule has 0 aromatic heterocycles. The summed E-state index contributed by atoms with van der Waals surface area (Å²) in [4.78, 5) is 13.8. The number of ether oxygens (including phenoxy) is 2. The van der Waals surface area contributed by atoms with Crippen molar-refractivity contribution in [2.24, 2.45) is 0 Å². The van der Waals surface area contributed by atoms with E-state index in [1.54, 1.807) is 11.9 Å². The average Bonchev–Trinajstić information content (AvgIpc) is 2.62. The van der Waals surface area contributed by atoms with Crippen molar-refractivity contribution in [1.82, 2.24) is 10.2 Å². The normalized spacial score (nSPS) is 12.6. The molecule has 2 aromatic rings. The molecule has 3 rings (SSSR count). The SMILES string of the molecule is CN(Cc1ccccc1)C(=O)NCCc1cc(Cl)c2c(c1)OCCO2. The van der Waals surface area contributed by atoms with Crippen LogP contribution in [-0.4, -0.2) is 37.7 Å². The average molecular weight is 361 g/mol. The lowest BCUT2D eigenvalue weighted by Gasteiger charge is -2.21. The van der Waals surface area contributed by atoms with Gasteiger partial charge in [0.15, 0.2) is 11.5 Å². The maximum atomic E-state index is 12.2. The highest BCUT2D eigenvalue weighted by atomic mass is 35.5. The third kappa shape index (κ3) is 4.57. The second-order valence-corrected chi connectivity index (χ2v) is 6.33. The molecule has 0 radical (unpaired) electrons. The first-order valence-corrected chi connectivity index (χ1v) is 8.62. The molecule has 0 saturated carbocycles. The number of benzene rings is 2. The molecule has 6 heteroatoms. The minimum Gasteiger partial charge on any atom is -0.486 e. The Morgan fingerprint density at radius 1 is 1.16 bits per heavy atom. The third-order valence-electron chi connectivity index (χ3n) is 3.96. The van der Waals surface area contributed by atoms with E-state index < -0.39 is 0 Å². The van der Waals surface area contributed by atoms with Crippen molar-refractivity contribution in [1.29, 1.82) is 0 Å². The number of nitrogens with zero attached hydrogens (tertiary/aromatic N) is 1. The molecule has 2 aromatic carbocycles. The lowest BCUT2D eigenvalue weighted by atomic mass is 10.1. The number of amides is 2. The van der Waals surface area contributed by atoms with E-state index in [2.05, 4.69) is 5.32 Å². The van der Waals surface area contributed by atoms with Gasteiger partial charge in [-0.05, 0) is 29.7 Å². The first kappa shape index (κ1) is 17.4. The molecule has 0 atom stereocenters. The molecular weight excluding hydrogens is 340 g/mol. The number of nitrogens with one attached hydrogen (secondary N) is 1. The monoisotopic (exact) mass is 360 g/mol. The molecule has 5 nitrogen and oxygen atoms in total.